The first-order valence-electron chi connectivity index (χ1n) is 10.1. The summed E-state index contributed by atoms with van der Waals surface area (Å²) in [5.74, 6) is -1.74. The molecule has 11 nitrogen and oxygen atoms in total. The molecule has 0 aromatic rings. The second-order valence-electron chi connectivity index (χ2n) is 7.82. The molecule has 1 aliphatic heterocycles. The maximum atomic E-state index is 11.9. The van der Waals surface area contributed by atoms with Crippen LogP contribution in [0.25, 0.3) is 0 Å². The van der Waals surface area contributed by atoms with Gasteiger partial charge in [-0.3, -0.25) is 19.2 Å². The molecule has 1 fully saturated rings. The lowest BCUT2D eigenvalue weighted by molar-refractivity contribution is -0.167. The van der Waals surface area contributed by atoms with Gasteiger partial charge in [0.25, 0.3) is 0 Å². The Morgan fingerprint density at radius 2 is 1.19 bits per heavy atom. The van der Waals surface area contributed by atoms with Crippen molar-refractivity contribution in [3.8, 4) is 0 Å². The fraction of sp³-hybridized carbons (Fsp3) is 0.810. The molecular weight excluding hydrogens is 428 g/mol. The van der Waals surface area contributed by atoms with Crippen LogP contribution in [0.2, 0.25) is 0 Å². The highest BCUT2D eigenvalue weighted by molar-refractivity contribution is 5.78. The van der Waals surface area contributed by atoms with Crippen molar-refractivity contribution in [2.45, 2.75) is 40.7 Å². The van der Waals surface area contributed by atoms with E-state index in [0.29, 0.717) is 6.61 Å². The highest BCUT2D eigenvalue weighted by atomic mass is 16.6. The Balaban J connectivity index is 0.000000607. The van der Waals surface area contributed by atoms with Crippen LogP contribution in [0, 0.1) is 10.8 Å². The fourth-order valence-corrected chi connectivity index (χ4v) is 2.29. The van der Waals surface area contributed by atoms with Gasteiger partial charge in [-0.05, 0) is 20.8 Å². The topological polar surface area (TPSA) is 136 Å². The van der Waals surface area contributed by atoms with E-state index < -0.39 is 34.7 Å². The first kappa shape index (κ1) is 29.8. The van der Waals surface area contributed by atoms with Crippen molar-refractivity contribution in [1.82, 2.24) is 0 Å². The normalized spacial score (nSPS) is 18.0. The molecule has 0 spiro atoms. The summed E-state index contributed by atoms with van der Waals surface area (Å²) in [5.41, 5.74) is -1.91. The van der Waals surface area contributed by atoms with E-state index in [0.717, 1.165) is 0 Å². The summed E-state index contributed by atoms with van der Waals surface area (Å²) in [6.45, 7) is 8.91. The van der Waals surface area contributed by atoms with Crippen LogP contribution in [-0.2, 0) is 52.3 Å². The van der Waals surface area contributed by atoms with Crippen LogP contribution in [-0.4, -0.2) is 90.4 Å². The van der Waals surface area contributed by atoms with Crippen molar-refractivity contribution in [2.75, 3.05) is 60.5 Å². The summed E-state index contributed by atoms with van der Waals surface area (Å²) < 4.78 is 34.4. The second kappa shape index (κ2) is 14.8. The van der Waals surface area contributed by atoms with Crippen LogP contribution in [0.15, 0.2) is 0 Å². The summed E-state index contributed by atoms with van der Waals surface area (Å²) in [4.78, 5) is 44.8. The number of methoxy groups -OCH3 is 2. The molecule has 0 aliphatic carbocycles. The van der Waals surface area contributed by atoms with E-state index in [4.69, 9.17) is 33.2 Å². The first-order valence-corrected chi connectivity index (χ1v) is 10.1. The number of esters is 4. The van der Waals surface area contributed by atoms with Crippen molar-refractivity contribution in [2.24, 2.45) is 10.8 Å². The number of carbonyl (C=O) groups is 4. The fourth-order valence-electron chi connectivity index (χ4n) is 2.29. The van der Waals surface area contributed by atoms with Crippen LogP contribution in [0.4, 0.5) is 0 Å². The number of hydrogen-bond acceptors (Lipinski definition) is 11. The van der Waals surface area contributed by atoms with Gasteiger partial charge in [-0.1, -0.05) is 0 Å². The molecule has 3 unspecified atom stereocenters. The monoisotopic (exact) mass is 464 g/mol. The smallest absolute Gasteiger partial charge is 0.317 e. The lowest BCUT2D eigenvalue weighted by atomic mass is 9.93. The second-order valence-corrected chi connectivity index (χ2v) is 7.82. The van der Waals surface area contributed by atoms with E-state index in [9.17, 15) is 19.2 Å². The van der Waals surface area contributed by atoms with E-state index in [1.807, 2.05) is 0 Å². The minimum atomic E-state index is -0.977. The maximum absolute atomic E-state index is 11.9. The standard InChI is InChI=1S/C11H18O6.C10H18O5/c1-8(12)17-7-11(2,6-14-3)10(13)16-5-9-4-15-9;1-5-14-9(12)10(3,6-13-4)7-15-8(2)11/h9H,4-7H2,1-3H3;5-7H2,1-4H3. The van der Waals surface area contributed by atoms with Crippen molar-refractivity contribution >= 4 is 23.9 Å². The van der Waals surface area contributed by atoms with Gasteiger partial charge in [-0.15, -0.1) is 0 Å². The van der Waals surface area contributed by atoms with Gasteiger partial charge in [-0.25, -0.2) is 0 Å². The summed E-state index contributed by atoms with van der Waals surface area (Å²) >= 11 is 0. The third kappa shape index (κ3) is 12.0. The third-order valence-electron chi connectivity index (χ3n) is 4.18. The molecule has 186 valence electrons. The van der Waals surface area contributed by atoms with Gasteiger partial charge in [-0.2, -0.15) is 0 Å². The molecule has 0 bridgehead atoms. The predicted octanol–water partition coefficient (Wildman–Crippen LogP) is 0.910. The number of hydrogen-bond donors (Lipinski definition) is 0. The Bertz CT molecular complexity index is 617. The van der Waals surface area contributed by atoms with Crippen molar-refractivity contribution < 1.29 is 52.3 Å². The molecule has 32 heavy (non-hydrogen) atoms. The molecule has 0 aromatic heterocycles. The van der Waals surface area contributed by atoms with Crippen LogP contribution in [0.1, 0.15) is 34.6 Å². The summed E-state index contributed by atoms with van der Waals surface area (Å²) in [6.07, 6.45) is 0.0134. The number of epoxide rings is 1. The average molecular weight is 465 g/mol. The highest BCUT2D eigenvalue weighted by Crippen LogP contribution is 2.21. The van der Waals surface area contributed by atoms with Gasteiger partial charge in [0, 0.05) is 28.1 Å². The van der Waals surface area contributed by atoms with Crippen molar-refractivity contribution in [1.29, 1.82) is 0 Å². The Labute approximate surface area is 188 Å². The Kier molecular flexibility index (Phi) is 13.7. The molecule has 11 heteroatoms. The number of carbonyl (C=O) groups excluding carboxylic acids is 4. The Hall–Kier alpha value is -2.24. The Morgan fingerprint density at radius 3 is 1.50 bits per heavy atom. The van der Waals surface area contributed by atoms with Gasteiger partial charge in [0.05, 0.1) is 26.4 Å². The van der Waals surface area contributed by atoms with Crippen LogP contribution >= 0.6 is 0 Å². The van der Waals surface area contributed by atoms with E-state index in [1.165, 1.54) is 28.1 Å². The minimum Gasteiger partial charge on any atom is -0.465 e. The van der Waals surface area contributed by atoms with Gasteiger partial charge in [0.1, 0.15) is 36.8 Å². The van der Waals surface area contributed by atoms with Crippen molar-refractivity contribution in [3.05, 3.63) is 0 Å². The average Bonchev–Trinajstić information content (AvgIpc) is 3.54. The number of rotatable bonds is 13. The highest BCUT2D eigenvalue weighted by Gasteiger charge is 2.38. The summed E-state index contributed by atoms with van der Waals surface area (Å²) in [7, 11) is 2.95. The zero-order valence-electron chi connectivity index (χ0n) is 20.0. The Morgan fingerprint density at radius 1 is 0.781 bits per heavy atom. The largest absolute Gasteiger partial charge is 0.465 e. The SMILES string of the molecule is CCOC(=O)C(C)(COC)COC(C)=O.COCC(C)(COC(C)=O)C(=O)OCC1CO1. The lowest BCUT2D eigenvalue weighted by Crippen LogP contribution is -2.39. The minimum absolute atomic E-state index is 0.0134. The summed E-state index contributed by atoms with van der Waals surface area (Å²) in [5, 5.41) is 0. The van der Waals surface area contributed by atoms with Crippen LogP contribution in [0.5, 0.6) is 0 Å². The third-order valence-corrected chi connectivity index (χ3v) is 4.18. The van der Waals surface area contributed by atoms with Gasteiger partial charge < -0.3 is 33.2 Å². The maximum Gasteiger partial charge on any atom is 0.317 e. The lowest BCUT2D eigenvalue weighted by Gasteiger charge is -2.25. The van der Waals surface area contributed by atoms with E-state index in [2.05, 4.69) is 0 Å². The summed E-state index contributed by atoms with van der Waals surface area (Å²) in [6, 6.07) is 0. The van der Waals surface area contributed by atoms with Gasteiger partial charge >= 0.3 is 23.9 Å². The molecule has 1 aliphatic rings. The van der Waals surface area contributed by atoms with Gasteiger partial charge in [0.2, 0.25) is 0 Å². The molecule has 3 atom stereocenters. The molecule has 0 radical (unpaired) electrons. The number of ether oxygens (including phenoxy) is 7. The molecule has 1 heterocycles. The molecule has 1 saturated heterocycles. The van der Waals surface area contributed by atoms with E-state index in [-0.39, 0.29) is 45.7 Å². The quantitative estimate of drug-likeness (QED) is 0.218. The first-order chi connectivity index (χ1) is 14.9. The van der Waals surface area contributed by atoms with Crippen molar-refractivity contribution in [3.63, 3.8) is 0 Å². The molecule has 0 saturated carbocycles. The molecular formula is C21H36O11. The predicted molar refractivity (Wildman–Crippen MR) is 111 cm³/mol. The van der Waals surface area contributed by atoms with E-state index >= 15 is 0 Å². The molecule has 0 amide bonds. The van der Waals surface area contributed by atoms with E-state index in [1.54, 1.807) is 20.8 Å². The zero-order valence-corrected chi connectivity index (χ0v) is 20.0. The van der Waals surface area contributed by atoms with Crippen LogP contribution in [0.3, 0.4) is 0 Å². The zero-order chi connectivity index (χ0) is 24.8. The molecule has 0 aromatic carbocycles. The molecule has 0 N–H and O–H groups in total. The molecule has 1 rings (SSSR count). The van der Waals surface area contributed by atoms with Crippen LogP contribution < -0.4 is 0 Å². The van der Waals surface area contributed by atoms with Gasteiger partial charge in [0.15, 0.2) is 0 Å².